The summed E-state index contributed by atoms with van der Waals surface area (Å²) < 4.78 is 5.31. The summed E-state index contributed by atoms with van der Waals surface area (Å²) in [7, 11) is 0. The quantitative estimate of drug-likeness (QED) is 0.742. The smallest absolute Gasteiger partial charge is 0.254 e. The Morgan fingerprint density at radius 1 is 1.15 bits per heavy atom. The Balaban J connectivity index is 1.53. The number of hydrogen-bond acceptors (Lipinski definition) is 4. The van der Waals surface area contributed by atoms with Gasteiger partial charge in [0.2, 0.25) is 5.91 Å². The van der Waals surface area contributed by atoms with Gasteiger partial charge in [0.05, 0.1) is 18.8 Å². The van der Waals surface area contributed by atoms with Crippen molar-refractivity contribution in [3.05, 3.63) is 29.8 Å². The lowest BCUT2D eigenvalue weighted by molar-refractivity contribution is -0.135. The van der Waals surface area contributed by atoms with Crippen LogP contribution in [0.1, 0.15) is 36.0 Å². The molecule has 1 aromatic rings. The molecular formula is C20H28N2O3S. The van der Waals surface area contributed by atoms with E-state index < -0.39 is 0 Å². The molecule has 3 rings (SSSR count). The minimum Gasteiger partial charge on any atom is -0.378 e. The number of benzene rings is 1. The first kappa shape index (κ1) is 19.2. The Kier molecular flexibility index (Phi) is 6.97. The number of likely N-dealkylation sites (tertiary alicyclic amines) is 1. The van der Waals surface area contributed by atoms with E-state index in [1.54, 1.807) is 11.8 Å². The molecule has 0 aromatic heterocycles. The minimum absolute atomic E-state index is 0.124. The van der Waals surface area contributed by atoms with Gasteiger partial charge < -0.3 is 14.5 Å². The average molecular weight is 377 g/mol. The molecular weight excluding hydrogens is 348 g/mol. The predicted octanol–water partition coefficient (Wildman–Crippen LogP) is 2.90. The number of morpholine rings is 1. The molecule has 0 saturated carbocycles. The number of carbonyl (C=O) groups excluding carboxylic acids is 2. The Morgan fingerprint density at radius 2 is 1.92 bits per heavy atom. The highest BCUT2D eigenvalue weighted by Crippen LogP contribution is 2.26. The second-order valence-corrected chi connectivity index (χ2v) is 7.84. The van der Waals surface area contributed by atoms with E-state index in [9.17, 15) is 9.59 Å². The van der Waals surface area contributed by atoms with Crippen molar-refractivity contribution in [2.45, 2.75) is 30.6 Å². The summed E-state index contributed by atoms with van der Waals surface area (Å²) in [5.74, 6) is 0.766. The summed E-state index contributed by atoms with van der Waals surface area (Å²) in [4.78, 5) is 30.2. The van der Waals surface area contributed by atoms with Crippen LogP contribution in [0.25, 0.3) is 0 Å². The minimum atomic E-state index is 0.124. The van der Waals surface area contributed by atoms with Crippen LogP contribution in [-0.2, 0) is 9.53 Å². The van der Waals surface area contributed by atoms with Crippen LogP contribution in [-0.4, -0.2) is 67.3 Å². The first-order chi connectivity index (χ1) is 12.7. The van der Waals surface area contributed by atoms with Gasteiger partial charge in [-0.25, -0.2) is 0 Å². The summed E-state index contributed by atoms with van der Waals surface area (Å²) in [5, 5.41) is 0. The lowest BCUT2D eigenvalue weighted by atomic mass is 9.92. The normalized spacial score (nSPS) is 20.9. The summed E-state index contributed by atoms with van der Waals surface area (Å²) in [6.07, 6.45) is 5.56. The first-order valence-electron chi connectivity index (χ1n) is 9.47. The van der Waals surface area contributed by atoms with Gasteiger partial charge in [0, 0.05) is 37.5 Å². The third-order valence-electron chi connectivity index (χ3n) is 5.27. The van der Waals surface area contributed by atoms with Gasteiger partial charge in [0.25, 0.3) is 5.91 Å². The van der Waals surface area contributed by atoms with Crippen molar-refractivity contribution < 1.29 is 14.3 Å². The fourth-order valence-corrected chi connectivity index (χ4v) is 4.37. The third-order valence-corrected chi connectivity index (χ3v) is 6.07. The van der Waals surface area contributed by atoms with E-state index in [4.69, 9.17) is 4.74 Å². The van der Waals surface area contributed by atoms with Crippen molar-refractivity contribution in [3.8, 4) is 0 Å². The van der Waals surface area contributed by atoms with E-state index in [2.05, 4.69) is 0 Å². The Bertz CT molecular complexity index is 631. The van der Waals surface area contributed by atoms with Crippen molar-refractivity contribution in [1.29, 1.82) is 0 Å². The number of thioether (sulfide) groups is 1. The van der Waals surface area contributed by atoms with Gasteiger partial charge in [-0.15, -0.1) is 11.8 Å². The maximum Gasteiger partial charge on any atom is 0.254 e. The summed E-state index contributed by atoms with van der Waals surface area (Å²) in [6, 6.07) is 7.81. The molecule has 0 bridgehead atoms. The molecule has 6 heteroatoms. The lowest BCUT2D eigenvalue weighted by Crippen LogP contribution is -2.42. The van der Waals surface area contributed by atoms with Crippen LogP contribution in [0.5, 0.6) is 0 Å². The number of ether oxygens (including phenoxy) is 1. The van der Waals surface area contributed by atoms with Gasteiger partial charge in [0.15, 0.2) is 0 Å². The topological polar surface area (TPSA) is 49.9 Å². The molecule has 2 heterocycles. The standard InChI is InChI=1S/C20H28N2O3S/c1-26-18-7-3-2-6-17(18)20(24)22-10-4-5-16(15-22)8-9-19(23)21-11-13-25-14-12-21/h2-3,6-7,16H,4-5,8-15H2,1H3/t16-/m1/s1. The van der Waals surface area contributed by atoms with Crippen molar-refractivity contribution in [3.63, 3.8) is 0 Å². The molecule has 0 aliphatic carbocycles. The second kappa shape index (κ2) is 9.42. The van der Waals surface area contributed by atoms with Crippen molar-refractivity contribution in [2.24, 2.45) is 5.92 Å². The summed E-state index contributed by atoms with van der Waals surface area (Å²) >= 11 is 1.61. The van der Waals surface area contributed by atoms with Gasteiger partial charge in [-0.05, 0) is 43.6 Å². The van der Waals surface area contributed by atoms with E-state index in [0.29, 0.717) is 38.6 Å². The molecule has 2 fully saturated rings. The average Bonchev–Trinajstić information content (AvgIpc) is 2.72. The SMILES string of the molecule is CSc1ccccc1C(=O)N1CCC[C@H](CCC(=O)N2CCOCC2)C1. The van der Waals surface area contributed by atoms with E-state index in [-0.39, 0.29) is 11.8 Å². The van der Waals surface area contributed by atoms with Crippen LogP contribution in [0.3, 0.4) is 0 Å². The molecule has 2 aliphatic heterocycles. The summed E-state index contributed by atoms with van der Waals surface area (Å²) in [6.45, 7) is 4.28. The van der Waals surface area contributed by atoms with Gasteiger partial charge in [-0.1, -0.05) is 12.1 Å². The van der Waals surface area contributed by atoms with E-state index in [1.165, 1.54) is 0 Å². The van der Waals surface area contributed by atoms with E-state index in [1.807, 2.05) is 40.3 Å². The van der Waals surface area contributed by atoms with Crippen LogP contribution in [0, 0.1) is 5.92 Å². The highest BCUT2D eigenvalue weighted by molar-refractivity contribution is 7.98. The number of rotatable bonds is 5. The maximum atomic E-state index is 12.9. The Hall–Kier alpha value is -1.53. The van der Waals surface area contributed by atoms with Gasteiger partial charge in [-0.3, -0.25) is 9.59 Å². The number of amides is 2. The lowest BCUT2D eigenvalue weighted by Gasteiger charge is -2.34. The number of hydrogen-bond donors (Lipinski definition) is 0. The van der Waals surface area contributed by atoms with Gasteiger partial charge in [-0.2, -0.15) is 0 Å². The van der Waals surface area contributed by atoms with Crippen molar-refractivity contribution >= 4 is 23.6 Å². The zero-order chi connectivity index (χ0) is 18.4. The van der Waals surface area contributed by atoms with Crippen LogP contribution in [0.15, 0.2) is 29.2 Å². The molecule has 0 radical (unpaired) electrons. The van der Waals surface area contributed by atoms with E-state index >= 15 is 0 Å². The molecule has 2 aliphatic rings. The molecule has 0 N–H and O–H groups in total. The van der Waals surface area contributed by atoms with Crippen molar-refractivity contribution in [1.82, 2.24) is 9.80 Å². The predicted molar refractivity (Wildman–Crippen MR) is 103 cm³/mol. The molecule has 142 valence electrons. The highest BCUT2D eigenvalue weighted by atomic mass is 32.2. The number of nitrogens with zero attached hydrogens (tertiary/aromatic N) is 2. The first-order valence-corrected chi connectivity index (χ1v) is 10.7. The molecule has 0 unspecified atom stereocenters. The third kappa shape index (κ3) is 4.80. The monoisotopic (exact) mass is 376 g/mol. The number of piperidine rings is 1. The van der Waals surface area contributed by atoms with Gasteiger partial charge >= 0.3 is 0 Å². The fraction of sp³-hybridized carbons (Fsp3) is 0.600. The zero-order valence-corrected chi connectivity index (χ0v) is 16.3. The molecule has 1 atom stereocenters. The fourth-order valence-electron chi connectivity index (χ4n) is 3.78. The molecule has 2 amide bonds. The molecule has 2 saturated heterocycles. The Labute approximate surface area is 160 Å². The van der Waals surface area contributed by atoms with Crippen LogP contribution < -0.4 is 0 Å². The highest BCUT2D eigenvalue weighted by Gasteiger charge is 2.26. The second-order valence-electron chi connectivity index (χ2n) is 6.99. The molecule has 26 heavy (non-hydrogen) atoms. The van der Waals surface area contributed by atoms with Crippen LogP contribution in [0.4, 0.5) is 0 Å². The number of carbonyl (C=O) groups is 2. The molecule has 5 nitrogen and oxygen atoms in total. The molecule has 1 aromatic carbocycles. The van der Waals surface area contributed by atoms with Gasteiger partial charge in [0.1, 0.15) is 0 Å². The van der Waals surface area contributed by atoms with E-state index in [0.717, 1.165) is 42.8 Å². The van der Waals surface area contributed by atoms with Crippen LogP contribution in [0.2, 0.25) is 0 Å². The summed E-state index contributed by atoms with van der Waals surface area (Å²) in [5.41, 5.74) is 0.796. The van der Waals surface area contributed by atoms with Crippen molar-refractivity contribution in [2.75, 3.05) is 45.6 Å². The zero-order valence-electron chi connectivity index (χ0n) is 15.5. The Morgan fingerprint density at radius 3 is 2.69 bits per heavy atom. The maximum absolute atomic E-state index is 12.9. The largest absolute Gasteiger partial charge is 0.378 e. The molecule has 0 spiro atoms. The van der Waals surface area contributed by atoms with Crippen LogP contribution >= 0.6 is 11.8 Å².